The van der Waals surface area contributed by atoms with Gasteiger partial charge in [-0.25, -0.2) is 0 Å². The molecule has 4 saturated carbocycles. The van der Waals surface area contributed by atoms with E-state index in [2.05, 4.69) is 20.8 Å². The Morgan fingerprint density at radius 1 is 1.04 bits per heavy atom. The minimum Gasteiger partial charge on any atom is -0.481 e. The van der Waals surface area contributed by atoms with E-state index in [0.717, 1.165) is 38.5 Å². The zero-order valence-electron chi connectivity index (χ0n) is 17.9. The van der Waals surface area contributed by atoms with Crippen molar-refractivity contribution in [3.8, 4) is 0 Å². The molecule has 160 valence electrons. The molecule has 0 aromatic carbocycles. The summed E-state index contributed by atoms with van der Waals surface area (Å²) >= 11 is 0. The molecule has 4 aliphatic carbocycles. The van der Waals surface area contributed by atoms with Crippen LogP contribution in [0.25, 0.3) is 0 Å². The second kappa shape index (κ2) is 7.27. The fourth-order valence-electron chi connectivity index (χ4n) is 8.71. The van der Waals surface area contributed by atoms with Crippen molar-refractivity contribution in [2.45, 2.75) is 97.2 Å². The number of hydrogen-bond acceptors (Lipinski definition) is 3. The largest absolute Gasteiger partial charge is 0.481 e. The van der Waals surface area contributed by atoms with Crippen molar-refractivity contribution < 1.29 is 20.1 Å². The molecule has 4 fully saturated rings. The summed E-state index contributed by atoms with van der Waals surface area (Å²) in [5.74, 6) is 2.55. The van der Waals surface area contributed by atoms with Gasteiger partial charge in [-0.15, -0.1) is 0 Å². The standard InChI is InChI=1S/C24H40O4/c1-14(4-9-22(27)28)18-7-8-19-17-6-5-15-12-16(25)10-11-23(15,2)20(17)13-21(26)24(18,19)3/h14-21,25-26H,4-13H2,1-3H3,(H,27,28)/t14-,15-,16-,17?,18-,19?,20?,21+,23+,24-/m1/s1. The van der Waals surface area contributed by atoms with Crippen LogP contribution in [0.4, 0.5) is 0 Å². The van der Waals surface area contributed by atoms with E-state index in [1.54, 1.807) is 0 Å². The summed E-state index contributed by atoms with van der Waals surface area (Å²) in [7, 11) is 0. The van der Waals surface area contributed by atoms with Gasteiger partial charge in [0.1, 0.15) is 0 Å². The van der Waals surface area contributed by atoms with Crippen molar-refractivity contribution in [1.29, 1.82) is 0 Å². The number of aliphatic carboxylic acids is 1. The maximum Gasteiger partial charge on any atom is 0.303 e. The summed E-state index contributed by atoms with van der Waals surface area (Å²) in [6.45, 7) is 6.99. The zero-order chi connectivity index (χ0) is 20.3. The Morgan fingerprint density at radius 3 is 2.50 bits per heavy atom. The van der Waals surface area contributed by atoms with E-state index in [9.17, 15) is 15.0 Å². The molecule has 0 heterocycles. The second-order valence-corrected chi connectivity index (χ2v) is 11.3. The lowest BCUT2D eigenvalue weighted by atomic mass is 9.43. The quantitative estimate of drug-likeness (QED) is 0.659. The van der Waals surface area contributed by atoms with E-state index in [-0.39, 0.29) is 29.5 Å². The molecular formula is C24H40O4. The molecule has 0 aromatic rings. The molecule has 0 bridgehead atoms. The molecule has 10 atom stereocenters. The van der Waals surface area contributed by atoms with Gasteiger partial charge in [0, 0.05) is 6.42 Å². The Hall–Kier alpha value is -0.610. The van der Waals surface area contributed by atoms with E-state index in [1.165, 1.54) is 19.3 Å². The van der Waals surface area contributed by atoms with E-state index >= 15 is 0 Å². The lowest BCUT2D eigenvalue weighted by Gasteiger charge is -2.62. The molecule has 4 rings (SSSR count). The highest BCUT2D eigenvalue weighted by atomic mass is 16.4. The second-order valence-electron chi connectivity index (χ2n) is 11.3. The van der Waals surface area contributed by atoms with Crippen LogP contribution in [0.3, 0.4) is 0 Å². The first-order valence-corrected chi connectivity index (χ1v) is 11.8. The number of aliphatic hydroxyl groups excluding tert-OH is 2. The number of carboxylic acid groups (broad SMARTS) is 1. The lowest BCUT2D eigenvalue weighted by Crippen LogP contribution is -2.58. The van der Waals surface area contributed by atoms with E-state index in [1.807, 2.05) is 0 Å². The first kappa shape index (κ1) is 20.7. The maximum atomic E-state index is 11.5. The van der Waals surface area contributed by atoms with E-state index in [4.69, 9.17) is 5.11 Å². The summed E-state index contributed by atoms with van der Waals surface area (Å²) in [5, 5.41) is 30.8. The Bertz CT molecular complexity index is 605. The minimum absolute atomic E-state index is 0.0591. The normalized spacial score (nSPS) is 51.7. The van der Waals surface area contributed by atoms with E-state index < -0.39 is 5.97 Å². The number of carbonyl (C=O) groups is 1. The van der Waals surface area contributed by atoms with Crippen LogP contribution in [0.5, 0.6) is 0 Å². The third kappa shape index (κ3) is 3.05. The van der Waals surface area contributed by atoms with Crippen LogP contribution in [0.2, 0.25) is 0 Å². The van der Waals surface area contributed by atoms with Crippen LogP contribution in [-0.4, -0.2) is 33.5 Å². The van der Waals surface area contributed by atoms with Crippen LogP contribution in [0.15, 0.2) is 0 Å². The van der Waals surface area contributed by atoms with Gasteiger partial charge in [-0.2, -0.15) is 0 Å². The van der Waals surface area contributed by atoms with Crippen molar-refractivity contribution in [1.82, 2.24) is 0 Å². The summed E-state index contributed by atoms with van der Waals surface area (Å²) in [6.07, 6.45) is 9.26. The number of rotatable bonds is 4. The van der Waals surface area contributed by atoms with Gasteiger partial charge in [0.25, 0.3) is 0 Å². The highest BCUT2D eigenvalue weighted by molar-refractivity contribution is 5.66. The van der Waals surface area contributed by atoms with Crippen LogP contribution in [0, 0.1) is 46.3 Å². The molecule has 4 aliphatic rings. The Balaban J connectivity index is 1.56. The first-order valence-electron chi connectivity index (χ1n) is 11.8. The molecular weight excluding hydrogens is 352 g/mol. The minimum atomic E-state index is -0.707. The molecule has 0 aromatic heterocycles. The monoisotopic (exact) mass is 392 g/mol. The van der Waals surface area contributed by atoms with Crippen molar-refractivity contribution in [3.05, 3.63) is 0 Å². The fraction of sp³-hybridized carbons (Fsp3) is 0.958. The van der Waals surface area contributed by atoms with Crippen LogP contribution >= 0.6 is 0 Å². The van der Waals surface area contributed by atoms with Gasteiger partial charge in [0.05, 0.1) is 12.2 Å². The average Bonchev–Trinajstić information content (AvgIpc) is 3.00. The maximum absolute atomic E-state index is 11.5. The summed E-state index contributed by atoms with van der Waals surface area (Å²) in [6, 6.07) is 0. The van der Waals surface area contributed by atoms with Gasteiger partial charge in [-0.05, 0) is 104 Å². The lowest BCUT2D eigenvalue weighted by molar-refractivity contribution is -0.175. The Kier molecular flexibility index (Phi) is 5.36. The molecule has 0 amide bonds. The van der Waals surface area contributed by atoms with Crippen molar-refractivity contribution in [2.75, 3.05) is 0 Å². The molecule has 3 unspecified atom stereocenters. The highest BCUT2D eigenvalue weighted by Crippen LogP contribution is 2.68. The number of fused-ring (bicyclic) bond motifs is 5. The van der Waals surface area contributed by atoms with Gasteiger partial charge in [0.15, 0.2) is 0 Å². The third-order valence-electron chi connectivity index (χ3n) is 10.3. The molecule has 4 nitrogen and oxygen atoms in total. The molecule has 3 N–H and O–H groups in total. The molecule has 0 spiro atoms. The zero-order valence-corrected chi connectivity index (χ0v) is 17.9. The van der Waals surface area contributed by atoms with Gasteiger partial charge >= 0.3 is 5.97 Å². The van der Waals surface area contributed by atoms with Crippen molar-refractivity contribution in [3.63, 3.8) is 0 Å². The number of carboxylic acids is 1. The molecule has 0 radical (unpaired) electrons. The van der Waals surface area contributed by atoms with Crippen LogP contribution in [-0.2, 0) is 4.79 Å². The van der Waals surface area contributed by atoms with Gasteiger partial charge in [-0.1, -0.05) is 20.8 Å². The third-order valence-corrected chi connectivity index (χ3v) is 10.3. The smallest absolute Gasteiger partial charge is 0.303 e. The molecule has 0 saturated heterocycles. The average molecular weight is 393 g/mol. The molecule has 0 aliphatic heterocycles. The fourth-order valence-corrected chi connectivity index (χ4v) is 8.71. The van der Waals surface area contributed by atoms with Gasteiger partial charge in [0.2, 0.25) is 0 Å². The highest BCUT2D eigenvalue weighted by Gasteiger charge is 2.63. The summed E-state index contributed by atoms with van der Waals surface area (Å²) in [5.41, 5.74) is 0.216. The first-order chi connectivity index (χ1) is 13.2. The predicted molar refractivity (Wildman–Crippen MR) is 109 cm³/mol. The van der Waals surface area contributed by atoms with Crippen molar-refractivity contribution in [2.24, 2.45) is 46.3 Å². The summed E-state index contributed by atoms with van der Waals surface area (Å²) < 4.78 is 0. The van der Waals surface area contributed by atoms with Gasteiger partial charge in [-0.3, -0.25) is 4.79 Å². The van der Waals surface area contributed by atoms with E-state index in [0.29, 0.717) is 35.5 Å². The Labute approximate surface area is 170 Å². The summed E-state index contributed by atoms with van der Waals surface area (Å²) in [4.78, 5) is 11.1. The number of hydrogen-bond donors (Lipinski definition) is 3. The SMILES string of the molecule is C[C@H](CCC(=O)O)[C@H]1CCC2C3CC[C@@H]4C[C@H](O)CC[C@]4(C)C3C[C@H](O)[C@@]21C. The van der Waals surface area contributed by atoms with Crippen LogP contribution in [0.1, 0.15) is 85.0 Å². The Morgan fingerprint density at radius 2 is 1.79 bits per heavy atom. The molecule has 4 heteroatoms. The van der Waals surface area contributed by atoms with Crippen molar-refractivity contribution >= 4 is 5.97 Å². The van der Waals surface area contributed by atoms with Gasteiger partial charge < -0.3 is 15.3 Å². The number of aliphatic hydroxyl groups is 2. The predicted octanol–water partition coefficient (Wildman–Crippen LogP) is 4.48. The topological polar surface area (TPSA) is 77.8 Å². The molecule has 28 heavy (non-hydrogen) atoms. The van der Waals surface area contributed by atoms with Crippen LogP contribution < -0.4 is 0 Å².